The predicted octanol–water partition coefficient (Wildman–Crippen LogP) is 1.44. The Morgan fingerprint density at radius 1 is 1.35 bits per heavy atom. The highest BCUT2D eigenvalue weighted by Gasteiger charge is 2.28. The lowest BCUT2D eigenvalue weighted by Gasteiger charge is -2.17. The molecule has 0 aliphatic carbocycles. The molecule has 1 fully saturated rings. The summed E-state index contributed by atoms with van der Waals surface area (Å²) in [6.45, 7) is 3.20. The van der Waals surface area contributed by atoms with E-state index in [9.17, 15) is 9.59 Å². The van der Waals surface area contributed by atoms with Gasteiger partial charge in [-0.2, -0.15) is 5.10 Å². The van der Waals surface area contributed by atoms with E-state index in [4.69, 9.17) is 0 Å². The summed E-state index contributed by atoms with van der Waals surface area (Å²) in [5.74, 6) is -0.194. The lowest BCUT2D eigenvalue weighted by molar-refractivity contribution is -0.125. The maximum absolute atomic E-state index is 11.6. The Morgan fingerprint density at radius 3 is 2.91 bits per heavy atom. The maximum atomic E-state index is 11.6. The molecular weight excluding hydrogens is 294 g/mol. The SMILES string of the molecule is C[C@@H](Cn1cccn1)Nc1cccc(CN2C(=O)CNC2=O)c1. The van der Waals surface area contributed by atoms with E-state index in [1.165, 1.54) is 4.90 Å². The number of hydrogen-bond acceptors (Lipinski definition) is 4. The van der Waals surface area contributed by atoms with Gasteiger partial charge in [-0.3, -0.25) is 14.4 Å². The van der Waals surface area contributed by atoms with Crippen LogP contribution in [0.5, 0.6) is 0 Å². The number of benzene rings is 1. The average Bonchev–Trinajstić information content (AvgIpc) is 3.13. The summed E-state index contributed by atoms with van der Waals surface area (Å²) in [6.07, 6.45) is 3.68. The van der Waals surface area contributed by atoms with Crippen LogP contribution in [0.1, 0.15) is 12.5 Å². The van der Waals surface area contributed by atoms with Crippen molar-refractivity contribution < 1.29 is 9.59 Å². The standard InChI is InChI=1S/C16H19N5O2/c1-12(10-20-7-3-6-18-20)19-14-5-2-4-13(8-14)11-21-15(22)9-17-16(21)23/h2-8,12,19H,9-11H2,1H3,(H,17,23)/t12-/m0/s1. The van der Waals surface area contributed by atoms with E-state index < -0.39 is 0 Å². The van der Waals surface area contributed by atoms with Crippen LogP contribution >= 0.6 is 0 Å². The van der Waals surface area contributed by atoms with Crippen molar-refractivity contribution in [1.82, 2.24) is 20.0 Å². The topological polar surface area (TPSA) is 79.3 Å². The van der Waals surface area contributed by atoms with Crippen LogP contribution < -0.4 is 10.6 Å². The fourth-order valence-corrected chi connectivity index (χ4v) is 2.58. The van der Waals surface area contributed by atoms with Crippen LogP contribution in [-0.4, -0.2) is 39.2 Å². The minimum Gasteiger partial charge on any atom is -0.381 e. The number of anilines is 1. The second-order valence-corrected chi connectivity index (χ2v) is 5.61. The Morgan fingerprint density at radius 2 is 2.22 bits per heavy atom. The minimum absolute atomic E-state index is 0.0810. The molecule has 23 heavy (non-hydrogen) atoms. The summed E-state index contributed by atoms with van der Waals surface area (Å²) in [6, 6.07) is 9.50. The molecule has 2 N–H and O–H groups in total. The van der Waals surface area contributed by atoms with E-state index in [1.807, 2.05) is 41.2 Å². The Balaban J connectivity index is 1.63. The third kappa shape index (κ3) is 3.68. The first-order chi connectivity index (χ1) is 11.1. The molecule has 0 radical (unpaired) electrons. The van der Waals surface area contributed by atoms with Crippen LogP contribution in [-0.2, 0) is 17.9 Å². The molecule has 1 aliphatic rings. The molecule has 120 valence electrons. The van der Waals surface area contributed by atoms with Gasteiger partial charge < -0.3 is 10.6 Å². The zero-order valence-electron chi connectivity index (χ0n) is 12.9. The minimum atomic E-state index is -0.333. The number of imide groups is 1. The summed E-state index contributed by atoms with van der Waals surface area (Å²) in [5, 5.41) is 10.1. The lowest BCUT2D eigenvalue weighted by Crippen LogP contribution is -2.30. The third-order valence-electron chi connectivity index (χ3n) is 3.64. The van der Waals surface area contributed by atoms with Crippen molar-refractivity contribution in [3.05, 3.63) is 48.3 Å². The quantitative estimate of drug-likeness (QED) is 0.791. The van der Waals surface area contributed by atoms with Gasteiger partial charge in [-0.1, -0.05) is 12.1 Å². The molecule has 1 saturated heterocycles. The lowest BCUT2D eigenvalue weighted by atomic mass is 10.1. The van der Waals surface area contributed by atoms with Crippen LogP contribution in [0.2, 0.25) is 0 Å². The summed E-state index contributed by atoms with van der Waals surface area (Å²) >= 11 is 0. The van der Waals surface area contributed by atoms with E-state index in [1.54, 1.807) is 6.20 Å². The van der Waals surface area contributed by atoms with Gasteiger partial charge in [0.15, 0.2) is 0 Å². The molecule has 1 aliphatic heterocycles. The van der Waals surface area contributed by atoms with Crippen molar-refractivity contribution >= 4 is 17.6 Å². The number of urea groups is 1. The molecule has 0 saturated carbocycles. The van der Waals surface area contributed by atoms with Gasteiger partial charge in [0.2, 0.25) is 5.91 Å². The molecule has 7 heteroatoms. The molecule has 3 amide bonds. The largest absolute Gasteiger partial charge is 0.381 e. The summed E-state index contributed by atoms with van der Waals surface area (Å²) in [7, 11) is 0. The normalized spacial score (nSPS) is 15.6. The van der Waals surface area contributed by atoms with Crippen molar-refractivity contribution in [2.75, 3.05) is 11.9 Å². The molecule has 0 spiro atoms. The van der Waals surface area contributed by atoms with Gasteiger partial charge in [-0.15, -0.1) is 0 Å². The monoisotopic (exact) mass is 313 g/mol. The number of amides is 3. The zero-order valence-corrected chi connectivity index (χ0v) is 12.9. The molecule has 1 aromatic heterocycles. The van der Waals surface area contributed by atoms with Crippen LogP contribution in [0.15, 0.2) is 42.7 Å². The highest BCUT2D eigenvalue weighted by molar-refractivity contribution is 6.01. The van der Waals surface area contributed by atoms with E-state index in [0.717, 1.165) is 17.8 Å². The fourth-order valence-electron chi connectivity index (χ4n) is 2.58. The highest BCUT2D eigenvalue weighted by atomic mass is 16.2. The second-order valence-electron chi connectivity index (χ2n) is 5.61. The summed E-state index contributed by atoms with van der Waals surface area (Å²) in [5.41, 5.74) is 1.86. The Hall–Kier alpha value is -2.83. The number of hydrogen-bond donors (Lipinski definition) is 2. The van der Waals surface area contributed by atoms with Gasteiger partial charge in [0.25, 0.3) is 0 Å². The van der Waals surface area contributed by atoms with Gasteiger partial charge in [0, 0.05) is 24.1 Å². The van der Waals surface area contributed by atoms with Crippen molar-refractivity contribution in [3.63, 3.8) is 0 Å². The number of nitrogens with one attached hydrogen (secondary N) is 2. The van der Waals surface area contributed by atoms with Crippen molar-refractivity contribution in [3.8, 4) is 0 Å². The number of nitrogens with zero attached hydrogens (tertiary/aromatic N) is 3. The highest BCUT2D eigenvalue weighted by Crippen LogP contribution is 2.15. The number of carbonyl (C=O) groups excluding carboxylic acids is 2. The van der Waals surface area contributed by atoms with Gasteiger partial charge in [-0.05, 0) is 30.7 Å². The van der Waals surface area contributed by atoms with Gasteiger partial charge in [0.05, 0.1) is 19.6 Å². The third-order valence-corrected chi connectivity index (χ3v) is 3.64. The van der Waals surface area contributed by atoms with Crippen molar-refractivity contribution in [1.29, 1.82) is 0 Å². The molecule has 1 aromatic carbocycles. The first-order valence-electron chi connectivity index (χ1n) is 7.53. The molecule has 0 unspecified atom stereocenters. The van der Waals surface area contributed by atoms with Crippen molar-refractivity contribution in [2.24, 2.45) is 0 Å². The average molecular weight is 313 g/mol. The van der Waals surface area contributed by atoms with Crippen LogP contribution in [0.25, 0.3) is 0 Å². The molecule has 1 atom stereocenters. The van der Waals surface area contributed by atoms with E-state index in [-0.39, 0.29) is 31.1 Å². The van der Waals surface area contributed by atoms with Crippen LogP contribution in [0.4, 0.5) is 10.5 Å². The van der Waals surface area contributed by atoms with Crippen molar-refractivity contribution in [2.45, 2.75) is 26.1 Å². The fraction of sp³-hybridized carbons (Fsp3) is 0.312. The maximum Gasteiger partial charge on any atom is 0.324 e. The molecule has 0 bridgehead atoms. The first-order valence-corrected chi connectivity index (χ1v) is 7.53. The Labute approximate surface area is 134 Å². The molecular formula is C16H19N5O2. The van der Waals surface area contributed by atoms with Crippen LogP contribution in [0, 0.1) is 0 Å². The zero-order chi connectivity index (χ0) is 16.2. The summed E-state index contributed by atoms with van der Waals surface area (Å²) < 4.78 is 1.87. The Kier molecular flexibility index (Phi) is 4.27. The van der Waals surface area contributed by atoms with E-state index in [0.29, 0.717) is 0 Å². The van der Waals surface area contributed by atoms with Gasteiger partial charge >= 0.3 is 6.03 Å². The number of aromatic nitrogens is 2. The number of rotatable bonds is 6. The van der Waals surface area contributed by atoms with Gasteiger partial charge in [-0.25, -0.2) is 4.79 Å². The molecule has 7 nitrogen and oxygen atoms in total. The smallest absolute Gasteiger partial charge is 0.324 e. The van der Waals surface area contributed by atoms with Gasteiger partial charge in [0.1, 0.15) is 0 Å². The Bertz CT molecular complexity index is 682. The van der Waals surface area contributed by atoms with Crippen LogP contribution in [0.3, 0.4) is 0 Å². The van der Waals surface area contributed by atoms with E-state index >= 15 is 0 Å². The first kappa shape index (κ1) is 15.1. The van der Waals surface area contributed by atoms with E-state index in [2.05, 4.69) is 22.7 Å². The number of carbonyl (C=O) groups is 2. The second kappa shape index (κ2) is 6.51. The predicted molar refractivity (Wildman–Crippen MR) is 85.7 cm³/mol. The molecule has 2 aromatic rings. The molecule has 2 heterocycles. The molecule has 3 rings (SSSR count). The summed E-state index contributed by atoms with van der Waals surface area (Å²) in [4.78, 5) is 24.5.